The zero-order valence-electron chi connectivity index (χ0n) is 14.6. The van der Waals surface area contributed by atoms with Crippen molar-refractivity contribution in [1.29, 1.82) is 0 Å². The Balaban J connectivity index is 1.65. The molecule has 0 aliphatic carbocycles. The second kappa shape index (κ2) is 9.02. The highest BCUT2D eigenvalue weighted by molar-refractivity contribution is 7.80. The fourth-order valence-corrected chi connectivity index (χ4v) is 4.54. The van der Waals surface area contributed by atoms with Crippen LogP contribution in [0.25, 0.3) is 10.1 Å². The van der Waals surface area contributed by atoms with Gasteiger partial charge in [0.05, 0.1) is 5.02 Å². The summed E-state index contributed by atoms with van der Waals surface area (Å²) in [7, 11) is 0. The number of unbranched alkanes of at least 4 members (excludes halogenated alkanes) is 1. The van der Waals surface area contributed by atoms with Gasteiger partial charge >= 0.3 is 0 Å². The van der Waals surface area contributed by atoms with E-state index >= 15 is 0 Å². The molecule has 3 rings (SSSR count). The third-order valence-corrected chi connectivity index (χ3v) is 6.15. The Morgan fingerprint density at radius 1 is 1.15 bits per heavy atom. The van der Waals surface area contributed by atoms with Crippen LogP contribution in [-0.2, 0) is 6.42 Å². The smallest absolute Gasteiger partial charge is 0.269 e. The maximum Gasteiger partial charge on any atom is 0.269 e. The van der Waals surface area contributed by atoms with E-state index in [0.717, 1.165) is 22.2 Å². The minimum absolute atomic E-state index is 0.230. The molecule has 2 N–H and O–H groups in total. The van der Waals surface area contributed by atoms with Crippen molar-refractivity contribution >= 4 is 73.5 Å². The predicted molar refractivity (Wildman–Crippen MR) is 121 cm³/mol. The van der Waals surface area contributed by atoms with Crippen LogP contribution >= 0.6 is 46.8 Å². The topological polar surface area (TPSA) is 41.1 Å². The molecular formula is C20H18Cl2N2OS2. The summed E-state index contributed by atoms with van der Waals surface area (Å²) >= 11 is 18.9. The average molecular weight is 437 g/mol. The van der Waals surface area contributed by atoms with Crippen molar-refractivity contribution in [2.45, 2.75) is 26.2 Å². The van der Waals surface area contributed by atoms with E-state index in [-0.39, 0.29) is 11.0 Å². The summed E-state index contributed by atoms with van der Waals surface area (Å²) in [5.41, 5.74) is 2.11. The van der Waals surface area contributed by atoms with E-state index < -0.39 is 0 Å². The van der Waals surface area contributed by atoms with Crippen LogP contribution in [0.4, 0.5) is 5.69 Å². The van der Waals surface area contributed by atoms with Crippen molar-refractivity contribution < 1.29 is 4.79 Å². The molecule has 2 aromatic carbocycles. The Morgan fingerprint density at radius 3 is 2.59 bits per heavy atom. The summed E-state index contributed by atoms with van der Waals surface area (Å²) in [5.74, 6) is -0.339. The van der Waals surface area contributed by atoms with Crippen LogP contribution in [0.2, 0.25) is 10.0 Å². The fourth-order valence-electron chi connectivity index (χ4n) is 2.64. The number of carbonyl (C=O) groups is 1. The fraction of sp³-hybridized carbons (Fsp3) is 0.200. The van der Waals surface area contributed by atoms with Crippen molar-refractivity contribution in [2.24, 2.45) is 0 Å². The molecule has 0 spiro atoms. The Labute approximate surface area is 177 Å². The molecule has 0 saturated heterocycles. The van der Waals surface area contributed by atoms with Gasteiger partial charge in [-0.2, -0.15) is 0 Å². The molecule has 140 valence electrons. The number of anilines is 1. The lowest BCUT2D eigenvalue weighted by molar-refractivity contribution is 0.0982. The molecule has 0 aliphatic rings. The van der Waals surface area contributed by atoms with Crippen LogP contribution in [0.3, 0.4) is 0 Å². The molecule has 0 radical (unpaired) electrons. The maximum atomic E-state index is 12.5. The van der Waals surface area contributed by atoms with Crippen molar-refractivity contribution in [3.05, 3.63) is 63.0 Å². The number of nitrogens with one attached hydrogen (secondary N) is 2. The van der Waals surface area contributed by atoms with Gasteiger partial charge in [0.2, 0.25) is 0 Å². The van der Waals surface area contributed by atoms with Gasteiger partial charge in [0.1, 0.15) is 4.88 Å². The van der Waals surface area contributed by atoms with Gasteiger partial charge in [-0.1, -0.05) is 54.7 Å². The number of aryl methyl sites for hydroxylation is 1. The van der Waals surface area contributed by atoms with E-state index in [1.807, 2.05) is 18.2 Å². The van der Waals surface area contributed by atoms with Crippen LogP contribution in [-0.4, -0.2) is 11.0 Å². The van der Waals surface area contributed by atoms with Crippen LogP contribution in [0.15, 0.2) is 42.5 Å². The molecule has 0 unspecified atom stereocenters. The minimum Gasteiger partial charge on any atom is -0.332 e. The number of benzene rings is 2. The van der Waals surface area contributed by atoms with E-state index in [1.165, 1.54) is 29.7 Å². The Hall–Kier alpha value is -1.66. The molecule has 0 saturated carbocycles. The van der Waals surface area contributed by atoms with Crippen molar-refractivity contribution in [3.63, 3.8) is 0 Å². The van der Waals surface area contributed by atoms with Gasteiger partial charge in [0.25, 0.3) is 5.91 Å². The summed E-state index contributed by atoms with van der Waals surface area (Å²) in [5, 5.41) is 7.76. The highest BCUT2D eigenvalue weighted by atomic mass is 35.5. The molecule has 1 heterocycles. The second-order valence-corrected chi connectivity index (χ2v) is 8.37. The highest BCUT2D eigenvalue weighted by Gasteiger charge is 2.18. The van der Waals surface area contributed by atoms with Gasteiger partial charge in [-0.3, -0.25) is 10.1 Å². The number of hydrogen-bond donors (Lipinski definition) is 2. The number of hydrogen-bond acceptors (Lipinski definition) is 3. The van der Waals surface area contributed by atoms with Crippen LogP contribution in [0.1, 0.15) is 35.0 Å². The first-order chi connectivity index (χ1) is 13.0. The lowest BCUT2D eigenvalue weighted by Gasteiger charge is -2.10. The van der Waals surface area contributed by atoms with E-state index in [4.69, 9.17) is 35.4 Å². The zero-order chi connectivity index (χ0) is 19.4. The Morgan fingerprint density at radius 2 is 1.89 bits per heavy atom. The average Bonchev–Trinajstić information content (AvgIpc) is 2.97. The highest BCUT2D eigenvalue weighted by Crippen LogP contribution is 2.36. The van der Waals surface area contributed by atoms with Crippen molar-refractivity contribution in [2.75, 3.05) is 5.32 Å². The van der Waals surface area contributed by atoms with Crippen LogP contribution < -0.4 is 10.6 Å². The molecule has 3 nitrogen and oxygen atoms in total. The van der Waals surface area contributed by atoms with E-state index in [2.05, 4.69) is 29.7 Å². The first-order valence-corrected chi connectivity index (χ1v) is 10.5. The Bertz CT molecular complexity index is 984. The molecular weight excluding hydrogens is 419 g/mol. The molecule has 0 aliphatic heterocycles. The number of halogens is 2. The second-order valence-electron chi connectivity index (χ2n) is 6.09. The first kappa shape index (κ1) is 20.1. The van der Waals surface area contributed by atoms with Gasteiger partial charge in [0.15, 0.2) is 5.11 Å². The van der Waals surface area contributed by atoms with Gasteiger partial charge in [-0.05, 0) is 54.9 Å². The molecule has 0 bridgehead atoms. The number of fused-ring (bicyclic) bond motifs is 1. The van der Waals surface area contributed by atoms with E-state index in [1.54, 1.807) is 12.1 Å². The molecule has 0 fully saturated rings. The SMILES string of the molecule is CCCCc1ccc(NC(=S)NC(=O)c2sc3cc(Cl)ccc3c2Cl)cc1. The van der Waals surface area contributed by atoms with E-state index in [9.17, 15) is 4.79 Å². The largest absolute Gasteiger partial charge is 0.332 e. The molecule has 27 heavy (non-hydrogen) atoms. The van der Waals surface area contributed by atoms with Gasteiger partial charge < -0.3 is 5.32 Å². The number of amides is 1. The molecule has 0 atom stereocenters. The third kappa shape index (κ3) is 4.99. The molecule has 3 aromatic rings. The lowest BCUT2D eigenvalue weighted by atomic mass is 10.1. The Kier molecular flexibility index (Phi) is 6.71. The lowest BCUT2D eigenvalue weighted by Crippen LogP contribution is -2.33. The molecule has 1 aromatic heterocycles. The molecule has 1 amide bonds. The quantitative estimate of drug-likeness (QED) is 0.438. The zero-order valence-corrected chi connectivity index (χ0v) is 17.8. The van der Waals surface area contributed by atoms with Crippen LogP contribution in [0.5, 0.6) is 0 Å². The number of thiocarbonyl (C=S) groups is 1. The summed E-state index contributed by atoms with van der Waals surface area (Å²) in [6, 6.07) is 13.4. The first-order valence-electron chi connectivity index (χ1n) is 8.56. The predicted octanol–water partition coefficient (Wildman–Crippen LogP) is 6.68. The number of thiophene rings is 1. The summed E-state index contributed by atoms with van der Waals surface area (Å²) in [4.78, 5) is 13.0. The maximum absolute atomic E-state index is 12.5. The van der Waals surface area contributed by atoms with Gasteiger partial charge in [0, 0.05) is 20.8 Å². The number of carbonyl (C=O) groups excluding carboxylic acids is 1. The monoisotopic (exact) mass is 436 g/mol. The minimum atomic E-state index is -0.339. The normalized spacial score (nSPS) is 10.8. The summed E-state index contributed by atoms with van der Waals surface area (Å²) in [6.45, 7) is 2.18. The van der Waals surface area contributed by atoms with Gasteiger partial charge in [-0.15, -0.1) is 11.3 Å². The van der Waals surface area contributed by atoms with Gasteiger partial charge in [-0.25, -0.2) is 0 Å². The van der Waals surface area contributed by atoms with Crippen molar-refractivity contribution in [3.8, 4) is 0 Å². The van der Waals surface area contributed by atoms with E-state index in [0.29, 0.717) is 14.9 Å². The summed E-state index contributed by atoms with van der Waals surface area (Å²) in [6.07, 6.45) is 3.40. The van der Waals surface area contributed by atoms with Crippen LogP contribution in [0, 0.1) is 0 Å². The molecule has 7 heteroatoms. The third-order valence-electron chi connectivity index (χ3n) is 4.06. The van der Waals surface area contributed by atoms with Crippen molar-refractivity contribution in [1.82, 2.24) is 5.32 Å². The summed E-state index contributed by atoms with van der Waals surface area (Å²) < 4.78 is 0.860. The number of rotatable bonds is 5. The standard InChI is InChI=1S/C20H18Cl2N2OS2/c1-2-3-4-12-5-8-14(9-6-12)23-20(26)24-19(25)18-17(22)15-10-7-13(21)11-16(15)27-18/h5-11H,2-4H2,1H3,(H2,23,24,25,26).